The summed E-state index contributed by atoms with van der Waals surface area (Å²) in [5.41, 5.74) is 0.440. The zero-order chi connectivity index (χ0) is 20.7. The van der Waals surface area contributed by atoms with Crippen LogP contribution >= 0.6 is 0 Å². The van der Waals surface area contributed by atoms with E-state index in [2.05, 4.69) is 20.7 Å². The molecule has 0 unspecified atom stereocenters. The van der Waals surface area contributed by atoms with Gasteiger partial charge in [0.05, 0.1) is 12.6 Å². The molecule has 1 saturated heterocycles. The maximum absolute atomic E-state index is 12.9. The van der Waals surface area contributed by atoms with E-state index in [1.165, 1.54) is 24.3 Å². The van der Waals surface area contributed by atoms with Crippen LogP contribution in [0.1, 0.15) is 12.8 Å². The summed E-state index contributed by atoms with van der Waals surface area (Å²) in [6.45, 7) is -1.18. The second kappa shape index (κ2) is 9.49. The summed E-state index contributed by atoms with van der Waals surface area (Å²) in [6.07, 6.45) is -4.71. The van der Waals surface area contributed by atoms with Crippen molar-refractivity contribution in [1.82, 2.24) is 10.6 Å². The molecular weight excluding hydrogens is 386 g/mol. The van der Waals surface area contributed by atoms with Gasteiger partial charge in [-0.1, -0.05) is 0 Å². The Balaban J connectivity index is 1.94. The number of hydrogen-bond acceptors (Lipinski definition) is 5. The van der Waals surface area contributed by atoms with Crippen LogP contribution < -0.4 is 16.0 Å². The fourth-order valence-corrected chi connectivity index (χ4v) is 2.67. The molecule has 1 aliphatic rings. The Hall–Kier alpha value is -2.69. The number of nitrogens with one attached hydrogen (secondary N) is 3. The summed E-state index contributed by atoms with van der Waals surface area (Å²) in [6, 6.07) is 3.84. The Bertz CT molecular complexity index is 709. The van der Waals surface area contributed by atoms with E-state index in [0.29, 0.717) is 18.7 Å². The summed E-state index contributed by atoms with van der Waals surface area (Å²) in [4.78, 5) is 35.9. The topological polar surface area (TPSA) is 96.5 Å². The Morgan fingerprint density at radius 2 is 1.93 bits per heavy atom. The largest absolute Gasteiger partial charge is 0.522 e. The average Bonchev–Trinajstić information content (AvgIpc) is 3.03. The first-order valence-corrected chi connectivity index (χ1v) is 8.44. The van der Waals surface area contributed by atoms with Crippen LogP contribution in [0, 0.1) is 11.7 Å². The second-order valence-corrected chi connectivity index (χ2v) is 6.19. The molecule has 0 bridgehead atoms. The number of alkyl halides is 3. The smallest absolute Gasteiger partial charge is 0.376 e. The van der Waals surface area contributed by atoms with Crippen molar-refractivity contribution in [3.8, 4) is 0 Å². The molecule has 1 fully saturated rings. The molecule has 0 aliphatic carbocycles. The van der Waals surface area contributed by atoms with Gasteiger partial charge >= 0.3 is 6.36 Å². The van der Waals surface area contributed by atoms with E-state index in [-0.39, 0.29) is 18.9 Å². The first-order valence-electron chi connectivity index (χ1n) is 8.44. The van der Waals surface area contributed by atoms with Gasteiger partial charge < -0.3 is 16.0 Å². The summed E-state index contributed by atoms with van der Waals surface area (Å²) in [5, 5.41) is 7.58. The Kier molecular flexibility index (Phi) is 7.32. The Morgan fingerprint density at radius 1 is 1.25 bits per heavy atom. The van der Waals surface area contributed by atoms with Gasteiger partial charge in [-0.15, -0.1) is 13.2 Å². The van der Waals surface area contributed by atoms with Crippen molar-refractivity contribution in [1.29, 1.82) is 0 Å². The van der Waals surface area contributed by atoms with Crippen molar-refractivity contribution in [3.63, 3.8) is 0 Å². The highest BCUT2D eigenvalue weighted by Crippen LogP contribution is 2.19. The van der Waals surface area contributed by atoms with Gasteiger partial charge in [-0.05, 0) is 37.1 Å². The Morgan fingerprint density at radius 3 is 2.50 bits per heavy atom. The molecule has 0 radical (unpaired) electrons. The van der Waals surface area contributed by atoms with Crippen LogP contribution in [-0.2, 0) is 19.1 Å². The van der Waals surface area contributed by atoms with Crippen molar-refractivity contribution in [2.75, 3.05) is 25.0 Å². The minimum Gasteiger partial charge on any atom is -0.376 e. The lowest BCUT2D eigenvalue weighted by Gasteiger charge is -2.20. The molecule has 0 aromatic heterocycles. The van der Waals surface area contributed by atoms with Gasteiger partial charge in [0.25, 0.3) is 0 Å². The number of anilines is 1. The molecule has 0 spiro atoms. The maximum atomic E-state index is 12.9. The van der Waals surface area contributed by atoms with E-state index in [1.807, 2.05) is 0 Å². The third kappa shape index (κ3) is 7.14. The third-order valence-electron chi connectivity index (χ3n) is 4.08. The number of amides is 2. The summed E-state index contributed by atoms with van der Waals surface area (Å²) in [7, 11) is 0. The van der Waals surface area contributed by atoms with E-state index in [9.17, 15) is 31.9 Å². The number of benzene rings is 1. The molecule has 7 nitrogen and oxygen atoms in total. The lowest BCUT2D eigenvalue weighted by Crippen LogP contribution is -2.46. The quantitative estimate of drug-likeness (QED) is 0.539. The molecule has 154 valence electrons. The zero-order valence-electron chi connectivity index (χ0n) is 14.6. The van der Waals surface area contributed by atoms with Crippen LogP contribution in [0.2, 0.25) is 0 Å². The molecule has 1 aromatic carbocycles. The first kappa shape index (κ1) is 21.6. The van der Waals surface area contributed by atoms with E-state index in [0.717, 1.165) is 0 Å². The average molecular weight is 405 g/mol. The van der Waals surface area contributed by atoms with Crippen molar-refractivity contribution in [2.24, 2.45) is 5.92 Å². The summed E-state index contributed by atoms with van der Waals surface area (Å²) < 4.78 is 52.9. The number of ketones is 1. The molecule has 2 amide bonds. The molecule has 3 N–H and O–H groups in total. The highest BCUT2D eigenvalue weighted by molar-refractivity contribution is 5.92. The predicted octanol–water partition coefficient (Wildman–Crippen LogP) is 1.35. The van der Waals surface area contributed by atoms with Crippen LogP contribution in [0.3, 0.4) is 0 Å². The molecule has 0 saturated carbocycles. The van der Waals surface area contributed by atoms with Crippen molar-refractivity contribution < 1.29 is 36.7 Å². The molecule has 28 heavy (non-hydrogen) atoms. The van der Waals surface area contributed by atoms with Crippen LogP contribution in [-0.4, -0.2) is 49.7 Å². The lowest BCUT2D eigenvalue weighted by molar-refractivity contribution is -0.321. The third-order valence-corrected chi connectivity index (χ3v) is 4.08. The van der Waals surface area contributed by atoms with Crippen LogP contribution in [0.25, 0.3) is 0 Å². The fourth-order valence-electron chi connectivity index (χ4n) is 2.67. The van der Waals surface area contributed by atoms with Crippen molar-refractivity contribution in [3.05, 3.63) is 30.1 Å². The fraction of sp³-hybridized carbons (Fsp3) is 0.471. The number of carbonyl (C=O) groups excluding carboxylic acids is 3. The van der Waals surface area contributed by atoms with Gasteiger partial charge in [0.15, 0.2) is 5.78 Å². The molecule has 1 aromatic rings. The van der Waals surface area contributed by atoms with Gasteiger partial charge in [-0.2, -0.15) is 0 Å². The molecule has 2 atom stereocenters. The van der Waals surface area contributed by atoms with E-state index in [1.54, 1.807) is 0 Å². The lowest BCUT2D eigenvalue weighted by atomic mass is 9.96. The number of carbonyl (C=O) groups is 3. The van der Waals surface area contributed by atoms with Gasteiger partial charge in [0.1, 0.15) is 12.4 Å². The number of ether oxygens (including phenoxy) is 1. The minimum atomic E-state index is -4.99. The van der Waals surface area contributed by atoms with E-state index in [4.69, 9.17) is 0 Å². The highest BCUT2D eigenvalue weighted by atomic mass is 19.4. The first-order chi connectivity index (χ1) is 13.1. The number of Topliss-reactive ketones (excluding diaryl/α,β-unsaturated/α-hetero) is 1. The number of rotatable bonds is 9. The monoisotopic (exact) mass is 405 g/mol. The van der Waals surface area contributed by atoms with E-state index < -0.39 is 42.4 Å². The normalized spacial score (nSPS) is 17.7. The number of hydrogen-bond donors (Lipinski definition) is 3. The number of halogens is 4. The molecule has 2 rings (SSSR count). The maximum Gasteiger partial charge on any atom is 0.522 e. The van der Waals surface area contributed by atoms with Gasteiger partial charge in [-0.3, -0.25) is 19.1 Å². The second-order valence-electron chi connectivity index (χ2n) is 6.19. The highest BCUT2D eigenvalue weighted by Gasteiger charge is 2.34. The minimum absolute atomic E-state index is 0.131. The molecule has 1 aliphatic heterocycles. The summed E-state index contributed by atoms with van der Waals surface area (Å²) >= 11 is 0. The van der Waals surface area contributed by atoms with Crippen LogP contribution in [0.4, 0.5) is 23.2 Å². The predicted molar refractivity (Wildman–Crippen MR) is 89.6 cm³/mol. The van der Waals surface area contributed by atoms with Gasteiger partial charge in [-0.25, -0.2) is 4.39 Å². The molecule has 1 heterocycles. The SMILES string of the molecule is O=C(CNc1ccc(F)cc1)N[C@@H](C[C@@H]1CCNC1=O)C(=O)COC(F)(F)F. The Labute approximate surface area is 157 Å². The van der Waals surface area contributed by atoms with Crippen LogP contribution in [0.15, 0.2) is 24.3 Å². The standard InChI is InChI=1S/C17H19F4N3O4/c18-11-1-3-12(4-2-11)23-8-15(26)24-13(7-10-5-6-22-16(10)27)14(25)9-28-17(19,20)21/h1-4,10,13,23H,5-9H2,(H,22,27)(H,24,26)/t10-,13-/m0/s1. The zero-order valence-corrected chi connectivity index (χ0v) is 14.6. The van der Waals surface area contributed by atoms with Crippen LogP contribution in [0.5, 0.6) is 0 Å². The van der Waals surface area contributed by atoms with E-state index >= 15 is 0 Å². The summed E-state index contributed by atoms with van der Waals surface area (Å²) in [5.74, 6) is -3.04. The van der Waals surface area contributed by atoms with Gasteiger partial charge in [0.2, 0.25) is 11.8 Å². The molecular formula is C17H19F4N3O4. The van der Waals surface area contributed by atoms with Gasteiger partial charge in [0, 0.05) is 18.2 Å². The molecule has 11 heteroatoms. The van der Waals surface area contributed by atoms with Crippen molar-refractivity contribution >= 4 is 23.3 Å². The van der Waals surface area contributed by atoms with Crippen molar-refractivity contribution in [2.45, 2.75) is 25.2 Å².